The lowest BCUT2D eigenvalue weighted by Crippen LogP contribution is -2.43. The van der Waals surface area contributed by atoms with E-state index in [2.05, 4.69) is 5.32 Å². The van der Waals surface area contributed by atoms with Crippen LogP contribution < -0.4 is 5.32 Å². The van der Waals surface area contributed by atoms with E-state index in [0.29, 0.717) is 6.54 Å². The van der Waals surface area contributed by atoms with Crippen LogP contribution in [0.5, 0.6) is 0 Å². The van der Waals surface area contributed by atoms with Gasteiger partial charge in [0.25, 0.3) is 0 Å². The van der Waals surface area contributed by atoms with Crippen LogP contribution in [-0.4, -0.2) is 36.4 Å². The molecule has 0 aliphatic heterocycles. The number of ether oxygens (including phenoxy) is 1. The van der Waals surface area contributed by atoms with Crippen molar-refractivity contribution in [2.24, 2.45) is 5.92 Å². The van der Waals surface area contributed by atoms with Crippen molar-refractivity contribution in [3.63, 3.8) is 0 Å². The van der Waals surface area contributed by atoms with Crippen LogP contribution in [0.4, 0.5) is 0 Å². The molecule has 0 aliphatic carbocycles. The third-order valence-corrected chi connectivity index (χ3v) is 2.58. The summed E-state index contributed by atoms with van der Waals surface area (Å²) in [6, 6.07) is -0.474. The van der Waals surface area contributed by atoms with Crippen molar-refractivity contribution < 1.29 is 14.6 Å². The zero-order valence-corrected chi connectivity index (χ0v) is 10.3. The Morgan fingerprint density at radius 2 is 2.00 bits per heavy atom. The van der Waals surface area contributed by atoms with Gasteiger partial charge in [-0.3, -0.25) is 4.79 Å². The first-order valence-corrected chi connectivity index (χ1v) is 5.31. The topological polar surface area (TPSA) is 58.6 Å². The minimum atomic E-state index is -0.791. The van der Waals surface area contributed by atoms with Crippen LogP contribution in [0, 0.1) is 5.92 Å². The predicted octanol–water partition coefficient (Wildman–Crippen LogP) is 1.50. The fourth-order valence-corrected chi connectivity index (χ4v) is 1.24. The zero-order valence-electron chi connectivity index (χ0n) is 10.3. The molecule has 0 aromatic rings. The van der Waals surface area contributed by atoms with Crippen molar-refractivity contribution in [2.45, 2.75) is 45.8 Å². The van der Waals surface area contributed by atoms with E-state index in [1.54, 1.807) is 7.11 Å². The fourth-order valence-electron chi connectivity index (χ4n) is 1.24. The highest BCUT2D eigenvalue weighted by molar-refractivity contribution is 5.73. The first kappa shape index (κ1) is 14.4. The predicted molar refractivity (Wildman–Crippen MR) is 60.0 cm³/mol. The molecule has 4 nitrogen and oxygen atoms in total. The standard InChI is InChI=1S/C11H23NO3/c1-8(2)9(10(13)14)12-7-6-11(3,4)15-5/h8-9,12H,6-7H2,1-5H3,(H,13,14). The van der Waals surface area contributed by atoms with Crippen LogP contribution in [0.25, 0.3) is 0 Å². The molecule has 0 saturated carbocycles. The second-order valence-electron chi connectivity index (χ2n) is 4.73. The maximum Gasteiger partial charge on any atom is 0.320 e. The molecule has 0 saturated heterocycles. The van der Waals surface area contributed by atoms with Gasteiger partial charge in [-0.15, -0.1) is 0 Å². The average molecular weight is 217 g/mol. The zero-order chi connectivity index (χ0) is 12.1. The first-order chi connectivity index (χ1) is 6.80. The van der Waals surface area contributed by atoms with E-state index in [9.17, 15) is 4.79 Å². The third kappa shape index (κ3) is 5.74. The molecule has 1 atom stereocenters. The van der Waals surface area contributed by atoms with Gasteiger partial charge in [0.05, 0.1) is 5.60 Å². The normalized spacial score (nSPS) is 14.3. The highest BCUT2D eigenvalue weighted by atomic mass is 16.5. The largest absolute Gasteiger partial charge is 0.480 e. The van der Waals surface area contributed by atoms with Gasteiger partial charge in [-0.05, 0) is 32.7 Å². The quantitative estimate of drug-likeness (QED) is 0.678. The summed E-state index contributed by atoms with van der Waals surface area (Å²) in [5, 5.41) is 12.0. The summed E-state index contributed by atoms with van der Waals surface area (Å²) in [4.78, 5) is 10.9. The Morgan fingerprint density at radius 1 is 1.47 bits per heavy atom. The minimum Gasteiger partial charge on any atom is -0.480 e. The number of hydrogen-bond acceptors (Lipinski definition) is 3. The number of hydrogen-bond donors (Lipinski definition) is 2. The molecular formula is C11H23NO3. The molecule has 0 radical (unpaired) electrons. The van der Waals surface area contributed by atoms with Gasteiger partial charge in [0.1, 0.15) is 6.04 Å². The molecule has 2 N–H and O–H groups in total. The average Bonchev–Trinajstić information content (AvgIpc) is 2.11. The van der Waals surface area contributed by atoms with Crippen LogP contribution in [-0.2, 0) is 9.53 Å². The maximum absolute atomic E-state index is 10.9. The van der Waals surface area contributed by atoms with Crippen LogP contribution in [0.3, 0.4) is 0 Å². The van der Waals surface area contributed by atoms with E-state index in [1.807, 2.05) is 27.7 Å². The van der Waals surface area contributed by atoms with Crippen molar-refractivity contribution in [2.75, 3.05) is 13.7 Å². The Bertz CT molecular complexity index is 202. The summed E-state index contributed by atoms with van der Waals surface area (Å²) in [7, 11) is 1.66. The second-order valence-corrected chi connectivity index (χ2v) is 4.73. The van der Waals surface area contributed by atoms with Gasteiger partial charge in [0.15, 0.2) is 0 Å². The Hall–Kier alpha value is -0.610. The Morgan fingerprint density at radius 3 is 2.33 bits per heavy atom. The van der Waals surface area contributed by atoms with E-state index in [4.69, 9.17) is 9.84 Å². The molecule has 0 aliphatic rings. The highest BCUT2D eigenvalue weighted by Gasteiger charge is 2.22. The molecule has 90 valence electrons. The Balaban J connectivity index is 3.97. The van der Waals surface area contributed by atoms with Crippen LogP contribution in [0.2, 0.25) is 0 Å². The van der Waals surface area contributed by atoms with Crippen molar-refractivity contribution >= 4 is 5.97 Å². The molecule has 0 heterocycles. The van der Waals surface area contributed by atoms with Crippen molar-refractivity contribution in [3.05, 3.63) is 0 Å². The maximum atomic E-state index is 10.9. The number of methoxy groups -OCH3 is 1. The molecule has 0 amide bonds. The number of aliphatic carboxylic acids is 1. The molecule has 1 unspecified atom stereocenters. The van der Waals surface area contributed by atoms with Gasteiger partial charge in [-0.1, -0.05) is 13.8 Å². The van der Waals surface area contributed by atoms with E-state index >= 15 is 0 Å². The molecule has 15 heavy (non-hydrogen) atoms. The Labute approximate surface area is 92.0 Å². The molecule has 0 bridgehead atoms. The number of nitrogens with one attached hydrogen (secondary N) is 1. The van der Waals surface area contributed by atoms with Crippen molar-refractivity contribution in [3.8, 4) is 0 Å². The summed E-state index contributed by atoms with van der Waals surface area (Å²) < 4.78 is 5.25. The third-order valence-electron chi connectivity index (χ3n) is 2.58. The number of carbonyl (C=O) groups is 1. The lowest BCUT2D eigenvalue weighted by molar-refractivity contribution is -0.140. The van der Waals surface area contributed by atoms with Gasteiger partial charge < -0.3 is 15.2 Å². The molecule has 0 rings (SSSR count). The van der Waals surface area contributed by atoms with E-state index < -0.39 is 12.0 Å². The monoisotopic (exact) mass is 217 g/mol. The smallest absolute Gasteiger partial charge is 0.320 e. The van der Waals surface area contributed by atoms with Gasteiger partial charge in [-0.25, -0.2) is 0 Å². The fraction of sp³-hybridized carbons (Fsp3) is 0.909. The van der Waals surface area contributed by atoms with Crippen molar-refractivity contribution in [1.82, 2.24) is 5.32 Å². The summed E-state index contributed by atoms with van der Waals surface area (Å²) in [6.07, 6.45) is 0.792. The molecule has 0 fully saturated rings. The lowest BCUT2D eigenvalue weighted by atomic mass is 10.0. The Kier molecular flexibility index (Phi) is 5.83. The summed E-state index contributed by atoms with van der Waals surface area (Å²) in [6.45, 7) is 8.41. The molecule has 0 spiro atoms. The van der Waals surface area contributed by atoms with E-state index in [1.165, 1.54) is 0 Å². The van der Waals surface area contributed by atoms with Crippen LogP contribution in [0.1, 0.15) is 34.1 Å². The number of carboxylic acids is 1. The number of carboxylic acid groups (broad SMARTS) is 1. The first-order valence-electron chi connectivity index (χ1n) is 5.31. The molecule has 4 heteroatoms. The number of rotatable bonds is 7. The summed E-state index contributed by atoms with van der Waals surface area (Å²) >= 11 is 0. The minimum absolute atomic E-state index is 0.0909. The van der Waals surface area contributed by atoms with Gasteiger partial charge in [0, 0.05) is 7.11 Å². The van der Waals surface area contributed by atoms with Gasteiger partial charge >= 0.3 is 5.97 Å². The SMILES string of the molecule is COC(C)(C)CCNC(C(=O)O)C(C)C. The second kappa shape index (κ2) is 6.08. The van der Waals surface area contributed by atoms with Gasteiger partial charge in [0.2, 0.25) is 0 Å². The van der Waals surface area contributed by atoms with Crippen molar-refractivity contribution in [1.29, 1.82) is 0 Å². The summed E-state index contributed by atoms with van der Waals surface area (Å²) in [5.74, 6) is -0.701. The van der Waals surface area contributed by atoms with E-state index in [-0.39, 0.29) is 11.5 Å². The highest BCUT2D eigenvalue weighted by Crippen LogP contribution is 2.12. The summed E-state index contributed by atoms with van der Waals surface area (Å²) in [5.41, 5.74) is -0.201. The molecular weight excluding hydrogens is 194 g/mol. The van der Waals surface area contributed by atoms with Crippen LogP contribution >= 0.6 is 0 Å². The molecule has 0 aromatic carbocycles. The lowest BCUT2D eigenvalue weighted by Gasteiger charge is -2.25. The molecule has 0 aromatic heterocycles. The van der Waals surface area contributed by atoms with Crippen LogP contribution in [0.15, 0.2) is 0 Å². The van der Waals surface area contributed by atoms with Gasteiger partial charge in [-0.2, -0.15) is 0 Å². The van der Waals surface area contributed by atoms with E-state index in [0.717, 1.165) is 6.42 Å².